The summed E-state index contributed by atoms with van der Waals surface area (Å²) < 4.78 is 16.6. The number of hydrogen-bond donors (Lipinski definition) is 0. The minimum atomic E-state index is 0.0183. The van der Waals surface area contributed by atoms with E-state index in [4.69, 9.17) is 13.6 Å². The molecule has 0 saturated heterocycles. The highest BCUT2D eigenvalue weighted by molar-refractivity contribution is 7.98. The van der Waals surface area contributed by atoms with Crippen molar-refractivity contribution in [2.45, 2.75) is 31.7 Å². The molecule has 0 unspecified atom stereocenters. The molecule has 7 heteroatoms. The van der Waals surface area contributed by atoms with Gasteiger partial charge >= 0.3 is 0 Å². The van der Waals surface area contributed by atoms with Crippen molar-refractivity contribution in [3.05, 3.63) is 47.4 Å². The van der Waals surface area contributed by atoms with Gasteiger partial charge in [-0.15, -0.1) is 10.2 Å². The molecule has 0 fully saturated rings. The predicted octanol–water partition coefficient (Wildman–Crippen LogP) is 4.53. The SMILES string of the molecule is CCOc1ccc(C(C)=O)cc1CSc1nnc(-c2ccoc2C)o1. The number of ether oxygens (including phenoxy) is 1. The minimum absolute atomic E-state index is 0.0183. The van der Waals surface area contributed by atoms with Crippen LogP contribution in [0.4, 0.5) is 0 Å². The number of carbonyl (C=O) groups excluding carboxylic acids is 1. The van der Waals surface area contributed by atoms with E-state index in [1.165, 1.54) is 11.8 Å². The monoisotopic (exact) mass is 358 g/mol. The number of hydrogen-bond acceptors (Lipinski definition) is 7. The number of aromatic nitrogens is 2. The van der Waals surface area contributed by atoms with Gasteiger partial charge in [0.2, 0.25) is 0 Å². The van der Waals surface area contributed by atoms with Crippen LogP contribution in [0.5, 0.6) is 5.75 Å². The van der Waals surface area contributed by atoms with Crippen molar-refractivity contribution in [2.75, 3.05) is 6.61 Å². The van der Waals surface area contributed by atoms with Crippen molar-refractivity contribution in [1.82, 2.24) is 10.2 Å². The van der Waals surface area contributed by atoms with Gasteiger partial charge in [-0.25, -0.2) is 0 Å². The normalized spacial score (nSPS) is 10.8. The lowest BCUT2D eigenvalue weighted by Crippen LogP contribution is -1.99. The molecule has 25 heavy (non-hydrogen) atoms. The molecular formula is C18H18N2O4S. The third kappa shape index (κ3) is 3.93. The number of carbonyl (C=O) groups is 1. The van der Waals surface area contributed by atoms with Crippen molar-refractivity contribution < 1.29 is 18.4 Å². The number of rotatable bonds is 7. The smallest absolute Gasteiger partial charge is 0.277 e. The van der Waals surface area contributed by atoms with Gasteiger partial charge in [0.1, 0.15) is 11.5 Å². The standard InChI is InChI=1S/C18H18N2O4S/c1-4-22-16-6-5-13(11(2)21)9-14(16)10-25-18-20-19-17(24-18)15-7-8-23-12(15)3/h5-9H,4,10H2,1-3H3. The number of Topliss-reactive ketones (excluding diaryl/α,β-unsaturated/α-hetero) is 1. The summed E-state index contributed by atoms with van der Waals surface area (Å²) >= 11 is 1.40. The highest BCUT2D eigenvalue weighted by atomic mass is 32.2. The summed E-state index contributed by atoms with van der Waals surface area (Å²) in [5, 5.41) is 8.56. The summed E-state index contributed by atoms with van der Waals surface area (Å²) in [6.45, 7) is 5.87. The number of nitrogens with zero attached hydrogens (tertiary/aromatic N) is 2. The van der Waals surface area contributed by atoms with Crippen LogP contribution in [0.1, 0.15) is 35.5 Å². The van der Waals surface area contributed by atoms with E-state index in [0.717, 1.165) is 22.6 Å². The Morgan fingerprint density at radius 1 is 1.28 bits per heavy atom. The van der Waals surface area contributed by atoms with Crippen LogP contribution < -0.4 is 4.74 Å². The van der Waals surface area contributed by atoms with Crippen LogP contribution in [0, 0.1) is 6.92 Å². The van der Waals surface area contributed by atoms with Gasteiger partial charge in [0.15, 0.2) is 5.78 Å². The molecule has 0 bridgehead atoms. The zero-order valence-corrected chi connectivity index (χ0v) is 15.1. The highest BCUT2D eigenvalue weighted by Gasteiger charge is 2.15. The van der Waals surface area contributed by atoms with Crippen molar-refractivity contribution in [1.29, 1.82) is 0 Å². The molecule has 0 atom stereocenters. The van der Waals surface area contributed by atoms with Crippen LogP contribution in [-0.4, -0.2) is 22.6 Å². The summed E-state index contributed by atoms with van der Waals surface area (Å²) in [4.78, 5) is 11.6. The summed E-state index contributed by atoms with van der Waals surface area (Å²) in [6, 6.07) is 7.23. The van der Waals surface area contributed by atoms with Crippen LogP contribution in [-0.2, 0) is 5.75 Å². The number of ketones is 1. The van der Waals surface area contributed by atoms with E-state index in [9.17, 15) is 4.79 Å². The summed E-state index contributed by atoms with van der Waals surface area (Å²) in [7, 11) is 0. The lowest BCUT2D eigenvalue weighted by Gasteiger charge is -2.10. The molecule has 0 amide bonds. The van der Waals surface area contributed by atoms with E-state index in [2.05, 4.69) is 10.2 Å². The molecule has 0 aliphatic rings. The maximum Gasteiger partial charge on any atom is 0.277 e. The topological polar surface area (TPSA) is 78.4 Å². The summed E-state index contributed by atoms with van der Waals surface area (Å²) in [5.74, 6) is 2.49. The molecule has 2 aromatic heterocycles. The number of benzene rings is 1. The molecule has 3 rings (SSSR count). The average molecular weight is 358 g/mol. The van der Waals surface area contributed by atoms with Crippen LogP contribution >= 0.6 is 11.8 Å². The molecule has 1 aromatic carbocycles. The Balaban J connectivity index is 1.77. The molecule has 0 spiro atoms. The quantitative estimate of drug-likeness (QED) is 0.453. The fraction of sp³-hybridized carbons (Fsp3) is 0.278. The summed E-state index contributed by atoms with van der Waals surface area (Å²) in [6.07, 6.45) is 1.59. The van der Waals surface area contributed by atoms with Gasteiger partial charge in [-0.1, -0.05) is 11.8 Å². The van der Waals surface area contributed by atoms with E-state index in [1.54, 1.807) is 25.3 Å². The van der Waals surface area contributed by atoms with Gasteiger partial charge in [-0.05, 0) is 45.0 Å². The molecule has 0 aliphatic carbocycles. The first-order valence-corrected chi connectivity index (χ1v) is 8.84. The predicted molar refractivity (Wildman–Crippen MR) is 93.9 cm³/mol. The molecule has 6 nitrogen and oxygen atoms in total. The number of aryl methyl sites for hydroxylation is 1. The van der Waals surface area contributed by atoms with Crippen LogP contribution in [0.3, 0.4) is 0 Å². The lowest BCUT2D eigenvalue weighted by molar-refractivity contribution is 0.101. The summed E-state index contributed by atoms with van der Waals surface area (Å²) in [5.41, 5.74) is 2.35. The molecule has 0 aliphatic heterocycles. The highest BCUT2D eigenvalue weighted by Crippen LogP contribution is 2.31. The Morgan fingerprint density at radius 2 is 2.12 bits per heavy atom. The van der Waals surface area contributed by atoms with Gasteiger partial charge in [-0.3, -0.25) is 4.79 Å². The van der Waals surface area contributed by atoms with E-state index in [0.29, 0.717) is 29.0 Å². The Hall–Kier alpha value is -2.54. The Labute approximate surface area is 149 Å². The maximum absolute atomic E-state index is 11.6. The Bertz CT molecular complexity index is 885. The van der Waals surface area contributed by atoms with Gasteiger partial charge < -0.3 is 13.6 Å². The van der Waals surface area contributed by atoms with E-state index in [-0.39, 0.29) is 5.78 Å². The third-order valence-corrected chi connectivity index (χ3v) is 4.48. The second-order valence-electron chi connectivity index (χ2n) is 5.36. The van der Waals surface area contributed by atoms with Crippen molar-refractivity contribution in [2.24, 2.45) is 0 Å². The molecule has 130 valence electrons. The third-order valence-electron chi connectivity index (χ3n) is 3.61. The van der Waals surface area contributed by atoms with Crippen molar-refractivity contribution in [3.8, 4) is 17.2 Å². The average Bonchev–Trinajstić information content (AvgIpc) is 3.22. The first-order valence-electron chi connectivity index (χ1n) is 7.86. The van der Waals surface area contributed by atoms with Crippen molar-refractivity contribution >= 4 is 17.5 Å². The molecule has 3 aromatic rings. The molecule has 2 heterocycles. The zero-order chi connectivity index (χ0) is 17.8. The van der Waals surface area contributed by atoms with Crippen LogP contribution in [0.15, 0.2) is 44.6 Å². The second kappa shape index (κ2) is 7.57. The number of furan rings is 1. The van der Waals surface area contributed by atoms with E-state index < -0.39 is 0 Å². The van der Waals surface area contributed by atoms with Crippen LogP contribution in [0.25, 0.3) is 11.5 Å². The molecule has 0 radical (unpaired) electrons. The molecule has 0 N–H and O–H groups in total. The van der Waals surface area contributed by atoms with Crippen molar-refractivity contribution in [3.63, 3.8) is 0 Å². The second-order valence-corrected chi connectivity index (χ2v) is 6.29. The van der Waals surface area contributed by atoms with Crippen LogP contribution in [0.2, 0.25) is 0 Å². The van der Waals surface area contributed by atoms with Gasteiger partial charge in [-0.2, -0.15) is 0 Å². The minimum Gasteiger partial charge on any atom is -0.494 e. The Kier molecular flexibility index (Phi) is 5.23. The van der Waals surface area contributed by atoms with Gasteiger partial charge in [0.25, 0.3) is 11.1 Å². The van der Waals surface area contributed by atoms with E-state index >= 15 is 0 Å². The first kappa shape index (κ1) is 17.3. The van der Waals surface area contributed by atoms with Gasteiger partial charge in [0.05, 0.1) is 18.4 Å². The zero-order valence-electron chi connectivity index (χ0n) is 14.2. The fourth-order valence-electron chi connectivity index (χ4n) is 2.33. The Morgan fingerprint density at radius 3 is 2.80 bits per heavy atom. The first-order chi connectivity index (χ1) is 12.1. The largest absolute Gasteiger partial charge is 0.494 e. The van der Waals surface area contributed by atoms with E-state index in [1.807, 2.05) is 26.0 Å². The number of thioether (sulfide) groups is 1. The molecular weight excluding hydrogens is 340 g/mol. The lowest BCUT2D eigenvalue weighted by atomic mass is 10.1. The van der Waals surface area contributed by atoms with Gasteiger partial charge in [0, 0.05) is 16.9 Å². The fourth-order valence-corrected chi connectivity index (χ4v) is 3.07. The molecule has 0 saturated carbocycles. The maximum atomic E-state index is 11.6.